The van der Waals surface area contributed by atoms with Crippen LogP contribution in [0.5, 0.6) is 0 Å². The fourth-order valence-corrected chi connectivity index (χ4v) is 0.520. The van der Waals surface area contributed by atoms with Crippen molar-refractivity contribution in [2.24, 2.45) is 0 Å². The van der Waals surface area contributed by atoms with E-state index >= 15 is 0 Å². The van der Waals surface area contributed by atoms with Gasteiger partial charge in [0.05, 0.1) is 6.42 Å². The average Bonchev–Trinajstić information content (AvgIpc) is 1.60. The second-order valence-corrected chi connectivity index (χ2v) is 1.64. The van der Waals surface area contributed by atoms with Crippen LogP contribution in [0.2, 0.25) is 0 Å². The maximum absolute atomic E-state index is 10.1. The van der Waals surface area contributed by atoms with Gasteiger partial charge in [-0.25, -0.2) is 4.79 Å². The molecule has 5 heteroatoms. The third kappa shape index (κ3) is 1.31. The molecule has 1 fully saturated rings. The van der Waals surface area contributed by atoms with Crippen molar-refractivity contribution in [1.29, 1.82) is 0 Å². The Bertz CT molecular complexity index is 147. The molecule has 0 radical (unpaired) electrons. The van der Waals surface area contributed by atoms with Crippen LogP contribution in [0.25, 0.3) is 0 Å². The lowest BCUT2D eigenvalue weighted by molar-refractivity contribution is -0.136. The van der Waals surface area contributed by atoms with Crippen molar-refractivity contribution < 1.29 is 19.4 Å². The van der Waals surface area contributed by atoms with Gasteiger partial charge in [0, 0.05) is 0 Å². The molecule has 0 aromatic rings. The van der Waals surface area contributed by atoms with Gasteiger partial charge in [-0.3, -0.25) is 4.79 Å². The molecule has 0 aromatic heterocycles. The number of rotatable bonds is 1. The zero-order chi connectivity index (χ0) is 6.85. The van der Waals surface area contributed by atoms with Gasteiger partial charge in [-0.2, -0.15) is 0 Å². The first kappa shape index (κ1) is 5.87. The van der Waals surface area contributed by atoms with Crippen LogP contribution in [0.3, 0.4) is 0 Å². The van der Waals surface area contributed by atoms with Gasteiger partial charge in [0.15, 0.2) is 6.23 Å². The zero-order valence-corrected chi connectivity index (χ0v) is 4.46. The van der Waals surface area contributed by atoms with Gasteiger partial charge in [0.2, 0.25) is 5.91 Å². The first-order valence-corrected chi connectivity index (χ1v) is 2.37. The van der Waals surface area contributed by atoms with Crippen LogP contribution in [0, 0.1) is 0 Å². The van der Waals surface area contributed by atoms with Crippen LogP contribution < -0.4 is 5.32 Å². The van der Waals surface area contributed by atoms with E-state index in [1.165, 1.54) is 0 Å². The molecule has 0 bridgehead atoms. The highest BCUT2D eigenvalue weighted by molar-refractivity contribution is 5.82. The molecule has 1 rings (SSSR count). The van der Waals surface area contributed by atoms with Crippen molar-refractivity contribution >= 4 is 12.1 Å². The first-order chi connectivity index (χ1) is 4.18. The maximum atomic E-state index is 10.1. The summed E-state index contributed by atoms with van der Waals surface area (Å²) in [5, 5.41) is 10.2. The minimum Gasteiger partial charge on any atom is -0.450 e. The molecule has 1 atom stereocenters. The quantitative estimate of drug-likeness (QED) is 0.372. The van der Waals surface area contributed by atoms with Crippen molar-refractivity contribution in [1.82, 2.24) is 5.32 Å². The molecule has 0 spiro atoms. The van der Waals surface area contributed by atoms with Crippen molar-refractivity contribution in [2.45, 2.75) is 12.6 Å². The van der Waals surface area contributed by atoms with Gasteiger partial charge >= 0.3 is 6.16 Å². The third-order valence-corrected chi connectivity index (χ3v) is 0.936. The van der Waals surface area contributed by atoms with E-state index in [4.69, 9.17) is 5.11 Å². The maximum Gasteiger partial charge on any atom is 0.507 e. The molecule has 1 aliphatic rings. The predicted molar refractivity (Wildman–Crippen MR) is 25.7 cm³/mol. The predicted octanol–water partition coefficient (Wildman–Crippen LogP) is -0.473. The number of hydrogen-bond acceptors (Lipinski definition) is 3. The SMILES string of the molecule is O=C1CC(OC(=O)O)N1. The smallest absolute Gasteiger partial charge is 0.450 e. The molecule has 9 heavy (non-hydrogen) atoms. The van der Waals surface area contributed by atoms with E-state index in [-0.39, 0.29) is 12.3 Å². The number of amides is 1. The fourth-order valence-electron chi connectivity index (χ4n) is 0.520. The number of carboxylic acid groups (broad SMARTS) is 1. The van der Waals surface area contributed by atoms with Gasteiger partial charge in [-0.15, -0.1) is 0 Å². The minimum absolute atomic E-state index is 0.145. The summed E-state index contributed by atoms with van der Waals surface area (Å²) in [5.74, 6) is -0.179. The molecule has 1 unspecified atom stereocenters. The number of ether oxygens (including phenoxy) is 1. The molecule has 1 saturated heterocycles. The monoisotopic (exact) mass is 131 g/mol. The molecule has 5 nitrogen and oxygen atoms in total. The Labute approximate surface area is 50.6 Å². The Morgan fingerprint density at radius 2 is 2.44 bits per heavy atom. The Kier molecular flexibility index (Phi) is 1.26. The molecule has 50 valence electrons. The highest BCUT2D eigenvalue weighted by Gasteiger charge is 2.28. The summed E-state index contributed by atoms with van der Waals surface area (Å²) in [6.07, 6.45) is -1.83. The molecule has 0 aliphatic carbocycles. The lowest BCUT2D eigenvalue weighted by Crippen LogP contribution is -2.50. The van der Waals surface area contributed by atoms with Crippen LogP contribution in [0.1, 0.15) is 6.42 Å². The van der Waals surface area contributed by atoms with Gasteiger partial charge in [-0.1, -0.05) is 0 Å². The van der Waals surface area contributed by atoms with Crippen molar-refractivity contribution in [3.8, 4) is 0 Å². The van der Waals surface area contributed by atoms with Crippen LogP contribution in [0.4, 0.5) is 4.79 Å². The van der Waals surface area contributed by atoms with Crippen molar-refractivity contribution in [3.05, 3.63) is 0 Å². The Hall–Kier alpha value is -1.26. The molecular formula is C4H5NO4. The molecule has 1 heterocycles. The molecule has 1 aliphatic heterocycles. The fraction of sp³-hybridized carbons (Fsp3) is 0.500. The minimum atomic E-state index is -1.36. The number of carbonyl (C=O) groups is 2. The van der Waals surface area contributed by atoms with Crippen LogP contribution >= 0.6 is 0 Å². The van der Waals surface area contributed by atoms with E-state index in [2.05, 4.69) is 10.1 Å². The summed E-state index contributed by atoms with van der Waals surface area (Å²) in [6.45, 7) is 0. The van der Waals surface area contributed by atoms with Crippen LogP contribution in [-0.4, -0.2) is 23.4 Å². The first-order valence-electron chi connectivity index (χ1n) is 2.37. The van der Waals surface area contributed by atoms with Crippen LogP contribution in [-0.2, 0) is 9.53 Å². The lowest BCUT2D eigenvalue weighted by atomic mass is 10.2. The third-order valence-electron chi connectivity index (χ3n) is 0.936. The molecule has 1 amide bonds. The standard InChI is InChI=1S/C4H5NO4/c6-2-1-3(5-2)9-4(7)8/h3H,1H2,(H,5,6)(H,7,8). The van der Waals surface area contributed by atoms with E-state index in [1.54, 1.807) is 0 Å². The van der Waals surface area contributed by atoms with E-state index in [9.17, 15) is 9.59 Å². The molecule has 2 N–H and O–H groups in total. The highest BCUT2D eigenvalue weighted by Crippen LogP contribution is 2.04. The number of hydrogen-bond donors (Lipinski definition) is 2. The average molecular weight is 131 g/mol. The normalized spacial score (nSPS) is 24.0. The highest BCUT2D eigenvalue weighted by atomic mass is 16.7. The van der Waals surface area contributed by atoms with E-state index < -0.39 is 12.4 Å². The Morgan fingerprint density at radius 3 is 2.78 bits per heavy atom. The summed E-state index contributed by atoms with van der Waals surface area (Å²) < 4.78 is 4.14. The summed E-state index contributed by atoms with van der Waals surface area (Å²) in [5.41, 5.74) is 0. The van der Waals surface area contributed by atoms with E-state index in [0.29, 0.717) is 0 Å². The largest absolute Gasteiger partial charge is 0.507 e. The van der Waals surface area contributed by atoms with Gasteiger partial charge < -0.3 is 15.2 Å². The molecule has 0 saturated carbocycles. The van der Waals surface area contributed by atoms with Crippen molar-refractivity contribution in [2.75, 3.05) is 0 Å². The number of β-lactam (4-membered cyclic amide) rings is 1. The number of carbonyl (C=O) groups excluding carboxylic acids is 1. The van der Waals surface area contributed by atoms with Gasteiger partial charge in [-0.05, 0) is 0 Å². The van der Waals surface area contributed by atoms with E-state index in [1.807, 2.05) is 0 Å². The van der Waals surface area contributed by atoms with E-state index in [0.717, 1.165) is 0 Å². The second-order valence-electron chi connectivity index (χ2n) is 1.64. The second kappa shape index (κ2) is 1.93. The van der Waals surface area contributed by atoms with Gasteiger partial charge in [0.1, 0.15) is 0 Å². The molecule has 0 aromatic carbocycles. The summed E-state index contributed by atoms with van der Waals surface area (Å²) in [7, 11) is 0. The Balaban J connectivity index is 2.18. The topological polar surface area (TPSA) is 75.6 Å². The van der Waals surface area contributed by atoms with Gasteiger partial charge in [0.25, 0.3) is 0 Å². The van der Waals surface area contributed by atoms with Crippen molar-refractivity contribution in [3.63, 3.8) is 0 Å². The number of nitrogens with one attached hydrogen (secondary N) is 1. The summed E-state index contributed by atoms with van der Waals surface area (Å²) >= 11 is 0. The summed E-state index contributed by atoms with van der Waals surface area (Å²) in [4.78, 5) is 19.8. The van der Waals surface area contributed by atoms with Crippen LogP contribution in [0.15, 0.2) is 0 Å². The molecular weight excluding hydrogens is 126 g/mol. The summed E-state index contributed by atoms with van der Waals surface area (Å²) in [6, 6.07) is 0. The zero-order valence-electron chi connectivity index (χ0n) is 4.46. The lowest BCUT2D eigenvalue weighted by Gasteiger charge is -2.24. The Morgan fingerprint density at radius 1 is 1.89 bits per heavy atom.